The van der Waals surface area contributed by atoms with Crippen molar-refractivity contribution in [3.63, 3.8) is 0 Å². The number of hydrogen-bond donors (Lipinski definition) is 4. The van der Waals surface area contributed by atoms with Crippen molar-refractivity contribution in [2.75, 3.05) is 54.9 Å². The Morgan fingerprint density at radius 1 is 0.448 bits per heavy atom. The summed E-state index contributed by atoms with van der Waals surface area (Å²) in [6.07, 6.45) is 1.99. The maximum absolute atomic E-state index is 8.73. The number of ether oxygens (including phenoxy) is 4. The first-order valence-corrected chi connectivity index (χ1v) is 9.91. The number of rotatable bonds is 12. The molecule has 0 saturated heterocycles. The van der Waals surface area contributed by atoms with Crippen LogP contribution in [-0.2, 0) is 44.8 Å². The largest absolute Gasteiger partial charge is 0.391 e. The SMILES string of the molecule is CCC(O)COC.CCC(O)COC.CCC(O)COC.CCC(O)COC.[Hf]. The van der Waals surface area contributed by atoms with E-state index in [4.69, 9.17) is 20.4 Å². The van der Waals surface area contributed by atoms with Crippen molar-refractivity contribution >= 4 is 0 Å². The van der Waals surface area contributed by atoms with Gasteiger partial charge in [0.1, 0.15) is 0 Å². The van der Waals surface area contributed by atoms with Gasteiger partial charge in [-0.3, -0.25) is 0 Å². The molecule has 4 atom stereocenters. The molecule has 0 aliphatic rings. The Labute approximate surface area is 197 Å². The predicted octanol–water partition coefficient (Wildman–Crippen LogP) is 1.61. The van der Waals surface area contributed by atoms with Crippen molar-refractivity contribution in [1.82, 2.24) is 0 Å². The van der Waals surface area contributed by atoms with E-state index in [0.717, 1.165) is 25.7 Å². The second-order valence-corrected chi connectivity index (χ2v) is 6.07. The maximum Gasteiger partial charge on any atom is 0.0770 e. The van der Waals surface area contributed by atoms with Gasteiger partial charge in [0.25, 0.3) is 0 Å². The molecule has 180 valence electrons. The molecule has 8 nitrogen and oxygen atoms in total. The first-order valence-electron chi connectivity index (χ1n) is 9.91. The smallest absolute Gasteiger partial charge is 0.0770 e. The van der Waals surface area contributed by atoms with E-state index in [-0.39, 0.29) is 50.3 Å². The Bertz CT molecular complexity index is 203. The second kappa shape index (κ2) is 36.0. The first kappa shape index (κ1) is 40.0. The summed E-state index contributed by atoms with van der Waals surface area (Å²) in [4.78, 5) is 0. The number of aliphatic hydroxyl groups is 4. The van der Waals surface area contributed by atoms with Gasteiger partial charge in [-0.1, -0.05) is 27.7 Å². The summed E-state index contributed by atoms with van der Waals surface area (Å²) >= 11 is 0. The Hall–Kier alpha value is 0.550. The molecule has 0 aliphatic heterocycles. The minimum atomic E-state index is -0.273. The quantitative estimate of drug-likeness (QED) is 0.252. The molecule has 0 heterocycles. The minimum Gasteiger partial charge on any atom is -0.391 e. The van der Waals surface area contributed by atoms with Gasteiger partial charge in [-0.2, -0.15) is 0 Å². The van der Waals surface area contributed by atoms with Crippen LogP contribution in [0.1, 0.15) is 53.4 Å². The summed E-state index contributed by atoms with van der Waals surface area (Å²) < 4.78 is 18.6. The Balaban J connectivity index is -0.0000000873. The van der Waals surface area contributed by atoms with Crippen molar-refractivity contribution in [3.8, 4) is 0 Å². The summed E-state index contributed by atoms with van der Waals surface area (Å²) in [5, 5.41) is 34.9. The van der Waals surface area contributed by atoms with Crippen molar-refractivity contribution < 1.29 is 65.2 Å². The molecule has 9 heteroatoms. The van der Waals surface area contributed by atoms with Crippen LogP contribution >= 0.6 is 0 Å². The molecule has 0 aromatic rings. The van der Waals surface area contributed by atoms with E-state index >= 15 is 0 Å². The molecular formula is C20H48HfO8. The molecule has 0 rings (SSSR count). The third kappa shape index (κ3) is 47.7. The van der Waals surface area contributed by atoms with Crippen LogP contribution in [0.4, 0.5) is 0 Å². The van der Waals surface area contributed by atoms with Gasteiger partial charge in [-0.15, -0.1) is 0 Å². The van der Waals surface area contributed by atoms with E-state index in [2.05, 4.69) is 18.9 Å². The van der Waals surface area contributed by atoms with Crippen LogP contribution in [0.5, 0.6) is 0 Å². The molecule has 29 heavy (non-hydrogen) atoms. The third-order valence-electron chi connectivity index (χ3n) is 3.32. The van der Waals surface area contributed by atoms with Crippen LogP contribution in [0.15, 0.2) is 0 Å². The molecule has 0 spiro atoms. The molecule has 0 radical (unpaired) electrons. The van der Waals surface area contributed by atoms with Crippen molar-refractivity contribution in [2.24, 2.45) is 0 Å². The van der Waals surface area contributed by atoms with E-state index in [9.17, 15) is 0 Å². The number of hydrogen-bond acceptors (Lipinski definition) is 8. The van der Waals surface area contributed by atoms with Gasteiger partial charge in [0.2, 0.25) is 0 Å². The van der Waals surface area contributed by atoms with Gasteiger partial charge in [0.05, 0.1) is 50.8 Å². The third-order valence-corrected chi connectivity index (χ3v) is 3.32. The van der Waals surface area contributed by atoms with E-state index in [0.29, 0.717) is 26.4 Å². The van der Waals surface area contributed by atoms with Crippen LogP contribution in [0.25, 0.3) is 0 Å². The molecule has 0 saturated carbocycles. The summed E-state index contributed by atoms with van der Waals surface area (Å²) in [6.45, 7) is 9.50. The van der Waals surface area contributed by atoms with Crippen molar-refractivity contribution in [3.05, 3.63) is 0 Å². The molecule has 0 fully saturated rings. The van der Waals surface area contributed by atoms with Gasteiger partial charge in [0.15, 0.2) is 0 Å². The average Bonchev–Trinajstić information content (AvgIpc) is 2.70. The monoisotopic (exact) mass is 596 g/mol. The van der Waals surface area contributed by atoms with Crippen LogP contribution in [0.2, 0.25) is 0 Å². The van der Waals surface area contributed by atoms with E-state index < -0.39 is 0 Å². The summed E-state index contributed by atoms with van der Waals surface area (Å²) in [6, 6.07) is 0. The zero-order chi connectivity index (χ0) is 22.8. The molecule has 0 amide bonds. The predicted molar refractivity (Wildman–Crippen MR) is 113 cm³/mol. The summed E-state index contributed by atoms with van der Waals surface area (Å²) in [5.41, 5.74) is 0. The zero-order valence-corrected chi connectivity index (χ0v) is 23.5. The zero-order valence-electron chi connectivity index (χ0n) is 19.9. The normalized spacial score (nSPS) is 13.7. The van der Waals surface area contributed by atoms with Crippen LogP contribution < -0.4 is 0 Å². The molecule has 0 aromatic carbocycles. The van der Waals surface area contributed by atoms with Gasteiger partial charge >= 0.3 is 0 Å². The maximum atomic E-state index is 8.73. The molecule has 0 aliphatic carbocycles. The topological polar surface area (TPSA) is 118 Å². The van der Waals surface area contributed by atoms with Gasteiger partial charge < -0.3 is 39.4 Å². The van der Waals surface area contributed by atoms with Gasteiger partial charge in [-0.05, 0) is 25.7 Å². The summed E-state index contributed by atoms with van der Waals surface area (Å²) in [5.74, 6) is 0. The van der Waals surface area contributed by atoms with E-state index in [1.54, 1.807) is 28.4 Å². The standard InChI is InChI=1S/4C5H12O2.Hf/c4*1-3-5(6)4-7-2;/h4*5-6H,3-4H2,1-2H3;. The average molecular weight is 595 g/mol. The Kier molecular flexibility index (Phi) is 49.5. The molecule has 0 aromatic heterocycles. The number of aliphatic hydroxyl groups excluding tert-OH is 4. The molecule has 4 unspecified atom stereocenters. The van der Waals surface area contributed by atoms with Crippen molar-refractivity contribution in [2.45, 2.75) is 77.8 Å². The fraction of sp³-hybridized carbons (Fsp3) is 1.00. The molecule has 4 N–H and O–H groups in total. The van der Waals surface area contributed by atoms with E-state index in [1.807, 2.05) is 27.7 Å². The fourth-order valence-electron chi connectivity index (χ4n) is 1.24. The van der Waals surface area contributed by atoms with Crippen LogP contribution in [0, 0.1) is 0 Å². The Morgan fingerprint density at radius 2 is 0.586 bits per heavy atom. The van der Waals surface area contributed by atoms with Crippen LogP contribution in [0.3, 0.4) is 0 Å². The fourth-order valence-corrected chi connectivity index (χ4v) is 1.24. The Morgan fingerprint density at radius 3 is 0.621 bits per heavy atom. The molecular weight excluding hydrogens is 547 g/mol. The first-order chi connectivity index (χ1) is 13.2. The second-order valence-electron chi connectivity index (χ2n) is 6.07. The molecule has 0 bridgehead atoms. The minimum absolute atomic E-state index is 0. The van der Waals surface area contributed by atoms with Gasteiger partial charge in [-0.25, -0.2) is 0 Å². The van der Waals surface area contributed by atoms with Crippen LogP contribution in [-0.4, -0.2) is 99.7 Å². The van der Waals surface area contributed by atoms with E-state index in [1.165, 1.54) is 0 Å². The number of methoxy groups -OCH3 is 4. The summed E-state index contributed by atoms with van der Waals surface area (Å²) in [7, 11) is 6.33. The van der Waals surface area contributed by atoms with Crippen molar-refractivity contribution in [1.29, 1.82) is 0 Å². The van der Waals surface area contributed by atoms with Gasteiger partial charge in [0, 0.05) is 54.3 Å².